The van der Waals surface area contributed by atoms with Crippen molar-refractivity contribution in [3.05, 3.63) is 20.8 Å². The van der Waals surface area contributed by atoms with Crippen LogP contribution in [0.15, 0.2) is 15.2 Å². The Morgan fingerprint density at radius 3 is 2.83 bits per heavy atom. The summed E-state index contributed by atoms with van der Waals surface area (Å²) in [7, 11) is 0. The van der Waals surface area contributed by atoms with Gasteiger partial charge in [0.05, 0.1) is 0 Å². The Morgan fingerprint density at radius 1 is 1.58 bits per heavy atom. The van der Waals surface area contributed by atoms with Crippen molar-refractivity contribution in [3.63, 3.8) is 0 Å². The third-order valence-corrected chi connectivity index (χ3v) is 3.78. The SMILES string of the molecule is CCC(C)NCc1cscc1Br. The summed E-state index contributed by atoms with van der Waals surface area (Å²) in [5.41, 5.74) is 1.36. The summed E-state index contributed by atoms with van der Waals surface area (Å²) in [5, 5.41) is 7.75. The second-order valence-electron chi connectivity index (χ2n) is 2.94. The first-order chi connectivity index (χ1) is 5.74. The molecular formula is C9H14BrNS. The third-order valence-electron chi connectivity index (χ3n) is 1.94. The van der Waals surface area contributed by atoms with E-state index < -0.39 is 0 Å². The van der Waals surface area contributed by atoms with Crippen LogP contribution >= 0.6 is 27.3 Å². The highest BCUT2D eigenvalue weighted by Crippen LogP contribution is 2.20. The number of rotatable bonds is 4. The minimum Gasteiger partial charge on any atom is -0.310 e. The first kappa shape index (κ1) is 10.2. The molecule has 0 amide bonds. The number of hydrogen-bond donors (Lipinski definition) is 1. The van der Waals surface area contributed by atoms with Crippen molar-refractivity contribution >= 4 is 27.3 Å². The Bertz CT molecular complexity index is 234. The highest BCUT2D eigenvalue weighted by Gasteiger charge is 2.02. The van der Waals surface area contributed by atoms with Gasteiger partial charge in [0.2, 0.25) is 0 Å². The predicted molar refractivity (Wildman–Crippen MR) is 58.6 cm³/mol. The van der Waals surface area contributed by atoms with Gasteiger partial charge >= 0.3 is 0 Å². The van der Waals surface area contributed by atoms with Crippen molar-refractivity contribution in [1.29, 1.82) is 0 Å². The fourth-order valence-electron chi connectivity index (χ4n) is 0.863. The minimum atomic E-state index is 0.608. The first-order valence-electron chi connectivity index (χ1n) is 4.18. The maximum atomic E-state index is 3.51. The zero-order valence-corrected chi connectivity index (χ0v) is 9.83. The van der Waals surface area contributed by atoms with E-state index in [1.165, 1.54) is 16.5 Å². The molecular weight excluding hydrogens is 234 g/mol. The van der Waals surface area contributed by atoms with Gasteiger partial charge in [-0.05, 0) is 40.2 Å². The Kier molecular flexibility index (Phi) is 4.26. The van der Waals surface area contributed by atoms with Crippen molar-refractivity contribution in [2.75, 3.05) is 0 Å². The molecule has 0 aromatic carbocycles. The summed E-state index contributed by atoms with van der Waals surface area (Å²) in [6.45, 7) is 5.37. The van der Waals surface area contributed by atoms with Gasteiger partial charge in [-0.2, -0.15) is 11.3 Å². The standard InChI is InChI=1S/C9H14BrNS/c1-3-7(2)11-4-8-5-12-6-9(8)10/h5-7,11H,3-4H2,1-2H3. The lowest BCUT2D eigenvalue weighted by molar-refractivity contribution is 0.534. The highest BCUT2D eigenvalue weighted by atomic mass is 79.9. The molecule has 1 unspecified atom stereocenters. The van der Waals surface area contributed by atoms with Crippen LogP contribution < -0.4 is 5.32 Å². The molecule has 0 saturated carbocycles. The molecule has 1 N–H and O–H groups in total. The molecule has 1 atom stereocenters. The monoisotopic (exact) mass is 247 g/mol. The van der Waals surface area contributed by atoms with Crippen LogP contribution in [-0.4, -0.2) is 6.04 Å². The fourth-order valence-corrected chi connectivity index (χ4v) is 2.31. The van der Waals surface area contributed by atoms with Crippen molar-refractivity contribution in [2.24, 2.45) is 0 Å². The van der Waals surface area contributed by atoms with Crippen molar-refractivity contribution in [3.8, 4) is 0 Å². The molecule has 0 aliphatic heterocycles. The summed E-state index contributed by atoms with van der Waals surface area (Å²) in [6.07, 6.45) is 1.18. The highest BCUT2D eigenvalue weighted by molar-refractivity contribution is 9.10. The Morgan fingerprint density at radius 2 is 2.33 bits per heavy atom. The summed E-state index contributed by atoms with van der Waals surface area (Å²) < 4.78 is 1.23. The predicted octanol–water partition coefficient (Wildman–Crippen LogP) is 3.40. The van der Waals surface area contributed by atoms with Crippen LogP contribution in [0.2, 0.25) is 0 Å². The zero-order chi connectivity index (χ0) is 8.97. The van der Waals surface area contributed by atoms with Crippen molar-refractivity contribution < 1.29 is 0 Å². The Labute approximate surface area is 86.3 Å². The van der Waals surface area contributed by atoms with E-state index in [-0.39, 0.29) is 0 Å². The van der Waals surface area contributed by atoms with Gasteiger partial charge < -0.3 is 5.32 Å². The lowest BCUT2D eigenvalue weighted by Gasteiger charge is -2.10. The van der Waals surface area contributed by atoms with Crippen LogP contribution in [0.4, 0.5) is 0 Å². The van der Waals surface area contributed by atoms with Crippen LogP contribution in [0.1, 0.15) is 25.8 Å². The number of nitrogens with one attached hydrogen (secondary N) is 1. The van der Waals surface area contributed by atoms with Gasteiger partial charge in [-0.1, -0.05) is 6.92 Å². The molecule has 0 aliphatic rings. The molecule has 1 aromatic heterocycles. The molecule has 1 aromatic rings. The van der Waals surface area contributed by atoms with E-state index in [0.29, 0.717) is 6.04 Å². The Balaban J connectivity index is 2.38. The molecule has 0 spiro atoms. The number of halogens is 1. The maximum Gasteiger partial charge on any atom is 0.0327 e. The van der Waals surface area contributed by atoms with E-state index >= 15 is 0 Å². The van der Waals surface area contributed by atoms with Gasteiger partial charge in [0, 0.05) is 22.4 Å². The molecule has 1 heterocycles. The van der Waals surface area contributed by atoms with Crippen LogP contribution in [0.3, 0.4) is 0 Å². The second kappa shape index (κ2) is 5.00. The largest absolute Gasteiger partial charge is 0.310 e. The second-order valence-corrected chi connectivity index (χ2v) is 4.53. The van der Waals surface area contributed by atoms with Gasteiger partial charge in [-0.15, -0.1) is 0 Å². The van der Waals surface area contributed by atoms with Crippen LogP contribution in [0.25, 0.3) is 0 Å². The van der Waals surface area contributed by atoms with Crippen molar-refractivity contribution in [2.45, 2.75) is 32.9 Å². The van der Waals surface area contributed by atoms with Crippen LogP contribution in [0.5, 0.6) is 0 Å². The number of hydrogen-bond acceptors (Lipinski definition) is 2. The summed E-state index contributed by atoms with van der Waals surface area (Å²) in [5.74, 6) is 0. The van der Waals surface area contributed by atoms with E-state index in [1.807, 2.05) is 0 Å². The smallest absolute Gasteiger partial charge is 0.0327 e. The van der Waals surface area contributed by atoms with Gasteiger partial charge in [-0.3, -0.25) is 0 Å². The summed E-state index contributed by atoms with van der Waals surface area (Å²) in [4.78, 5) is 0. The lowest BCUT2D eigenvalue weighted by atomic mass is 10.2. The third kappa shape index (κ3) is 2.88. The molecule has 1 rings (SSSR count). The molecule has 0 saturated heterocycles. The molecule has 12 heavy (non-hydrogen) atoms. The molecule has 0 bridgehead atoms. The number of thiophene rings is 1. The van der Waals surface area contributed by atoms with Crippen LogP contribution in [-0.2, 0) is 6.54 Å². The average molecular weight is 248 g/mol. The molecule has 0 radical (unpaired) electrons. The normalized spacial score (nSPS) is 13.2. The van der Waals surface area contributed by atoms with Gasteiger partial charge in [0.25, 0.3) is 0 Å². The first-order valence-corrected chi connectivity index (χ1v) is 5.91. The summed E-state index contributed by atoms with van der Waals surface area (Å²) in [6, 6.07) is 0.608. The molecule has 68 valence electrons. The maximum absolute atomic E-state index is 3.51. The van der Waals surface area contributed by atoms with Gasteiger partial charge in [0.1, 0.15) is 0 Å². The van der Waals surface area contributed by atoms with E-state index in [2.05, 4.69) is 45.9 Å². The molecule has 1 nitrogen and oxygen atoms in total. The van der Waals surface area contributed by atoms with Gasteiger partial charge in [-0.25, -0.2) is 0 Å². The molecule has 3 heteroatoms. The van der Waals surface area contributed by atoms with Gasteiger partial charge in [0.15, 0.2) is 0 Å². The van der Waals surface area contributed by atoms with E-state index in [0.717, 1.165) is 6.54 Å². The van der Waals surface area contributed by atoms with E-state index in [1.54, 1.807) is 11.3 Å². The zero-order valence-electron chi connectivity index (χ0n) is 7.43. The van der Waals surface area contributed by atoms with E-state index in [4.69, 9.17) is 0 Å². The Hall–Kier alpha value is 0.140. The quantitative estimate of drug-likeness (QED) is 0.861. The molecule has 0 aliphatic carbocycles. The minimum absolute atomic E-state index is 0.608. The van der Waals surface area contributed by atoms with E-state index in [9.17, 15) is 0 Å². The topological polar surface area (TPSA) is 12.0 Å². The summed E-state index contributed by atoms with van der Waals surface area (Å²) >= 11 is 5.25. The lowest BCUT2D eigenvalue weighted by Crippen LogP contribution is -2.24. The molecule has 0 fully saturated rings. The van der Waals surface area contributed by atoms with Crippen molar-refractivity contribution in [1.82, 2.24) is 5.32 Å². The average Bonchev–Trinajstić information content (AvgIpc) is 2.47. The van der Waals surface area contributed by atoms with Crippen LogP contribution in [0, 0.1) is 0 Å². The fraction of sp³-hybridized carbons (Fsp3) is 0.556.